The fourth-order valence-electron chi connectivity index (χ4n) is 2.34. The van der Waals surface area contributed by atoms with E-state index in [0.717, 1.165) is 22.3 Å². The maximum Gasteiger partial charge on any atom is 0.149 e. The molecule has 1 saturated carbocycles. The van der Waals surface area contributed by atoms with E-state index in [0.29, 0.717) is 6.04 Å². The van der Waals surface area contributed by atoms with Crippen LogP contribution >= 0.6 is 11.8 Å². The zero-order valence-corrected chi connectivity index (χ0v) is 11.4. The number of hydrogen-bond acceptors (Lipinski definition) is 4. The summed E-state index contributed by atoms with van der Waals surface area (Å²) < 4.78 is 0. The number of thioether (sulfide) groups is 1. The number of nitrogens with one attached hydrogen (secondary N) is 1. The van der Waals surface area contributed by atoms with Crippen molar-refractivity contribution in [1.29, 1.82) is 0 Å². The molecule has 3 nitrogen and oxygen atoms in total. The van der Waals surface area contributed by atoms with Gasteiger partial charge in [-0.3, -0.25) is 0 Å². The van der Waals surface area contributed by atoms with Crippen molar-refractivity contribution in [2.24, 2.45) is 0 Å². The van der Waals surface area contributed by atoms with Crippen LogP contribution < -0.4 is 11.1 Å². The number of rotatable bonds is 4. The fraction of sp³-hybridized carbons (Fsp3) is 0.615. The van der Waals surface area contributed by atoms with Gasteiger partial charge < -0.3 is 11.1 Å². The van der Waals surface area contributed by atoms with E-state index in [1.165, 1.54) is 25.0 Å². The summed E-state index contributed by atoms with van der Waals surface area (Å²) in [5.41, 5.74) is 7.91. The van der Waals surface area contributed by atoms with E-state index >= 15 is 0 Å². The number of aromatic nitrogens is 1. The van der Waals surface area contributed by atoms with E-state index in [1.807, 2.05) is 19.2 Å². The molecule has 2 unspecified atom stereocenters. The van der Waals surface area contributed by atoms with Crippen LogP contribution in [0.15, 0.2) is 12.3 Å². The Morgan fingerprint density at radius 2 is 2.35 bits per heavy atom. The number of hydrogen-bond donors (Lipinski definition) is 2. The van der Waals surface area contributed by atoms with E-state index in [-0.39, 0.29) is 0 Å². The minimum absolute atomic E-state index is 0.538. The second kappa shape index (κ2) is 5.63. The Bertz CT molecular complexity index is 381. The SMILES string of the molecule is CCSC1CCC(Nc2nccc(C)c2N)C1. The Morgan fingerprint density at radius 3 is 3.12 bits per heavy atom. The van der Waals surface area contributed by atoms with Crippen molar-refractivity contribution in [1.82, 2.24) is 4.98 Å². The van der Waals surface area contributed by atoms with Gasteiger partial charge in [-0.1, -0.05) is 6.92 Å². The van der Waals surface area contributed by atoms with Crippen molar-refractivity contribution in [2.45, 2.75) is 44.4 Å². The summed E-state index contributed by atoms with van der Waals surface area (Å²) in [5.74, 6) is 2.07. The predicted molar refractivity (Wildman–Crippen MR) is 76.6 cm³/mol. The zero-order chi connectivity index (χ0) is 12.3. The van der Waals surface area contributed by atoms with Gasteiger partial charge in [-0.2, -0.15) is 11.8 Å². The van der Waals surface area contributed by atoms with Gasteiger partial charge in [0.25, 0.3) is 0 Å². The first-order valence-corrected chi connectivity index (χ1v) is 7.34. The van der Waals surface area contributed by atoms with Crippen LogP contribution in [0.5, 0.6) is 0 Å². The Hall–Kier alpha value is -0.900. The lowest BCUT2D eigenvalue weighted by Gasteiger charge is -2.16. The van der Waals surface area contributed by atoms with Crippen LogP contribution in [0, 0.1) is 6.92 Å². The van der Waals surface area contributed by atoms with E-state index in [1.54, 1.807) is 0 Å². The summed E-state index contributed by atoms with van der Waals surface area (Å²) in [6, 6.07) is 2.49. The van der Waals surface area contributed by atoms with Gasteiger partial charge >= 0.3 is 0 Å². The standard InChI is InChI=1S/C13H21N3S/c1-3-17-11-5-4-10(8-11)16-13-12(14)9(2)6-7-15-13/h6-7,10-11H,3-5,8,14H2,1-2H3,(H,15,16). The van der Waals surface area contributed by atoms with Gasteiger partial charge in [-0.15, -0.1) is 0 Å². The molecule has 17 heavy (non-hydrogen) atoms. The summed E-state index contributed by atoms with van der Waals surface area (Å²) in [6.07, 6.45) is 5.59. The monoisotopic (exact) mass is 251 g/mol. The van der Waals surface area contributed by atoms with Crippen molar-refractivity contribution >= 4 is 23.3 Å². The number of nitrogens with zero attached hydrogens (tertiary/aromatic N) is 1. The molecule has 0 bridgehead atoms. The number of aryl methyl sites for hydroxylation is 1. The fourth-order valence-corrected chi connectivity index (χ4v) is 3.48. The highest BCUT2D eigenvalue weighted by Gasteiger charge is 2.25. The number of nitrogen functional groups attached to an aromatic ring is 1. The lowest BCUT2D eigenvalue weighted by molar-refractivity contribution is 0.752. The third-order valence-electron chi connectivity index (χ3n) is 3.34. The van der Waals surface area contributed by atoms with Crippen LogP contribution in [-0.2, 0) is 0 Å². The van der Waals surface area contributed by atoms with E-state index in [9.17, 15) is 0 Å². The average molecular weight is 251 g/mol. The van der Waals surface area contributed by atoms with Gasteiger partial charge in [-0.25, -0.2) is 4.98 Å². The Labute approximate surface area is 108 Å². The maximum absolute atomic E-state index is 6.02. The van der Waals surface area contributed by atoms with Crippen molar-refractivity contribution in [2.75, 3.05) is 16.8 Å². The molecule has 2 rings (SSSR count). The van der Waals surface area contributed by atoms with Crippen LogP contribution in [0.1, 0.15) is 31.7 Å². The Balaban J connectivity index is 1.96. The zero-order valence-electron chi connectivity index (χ0n) is 10.6. The summed E-state index contributed by atoms with van der Waals surface area (Å²) >= 11 is 2.07. The summed E-state index contributed by atoms with van der Waals surface area (Å²) in [4.78, 5) is 4.33. The van der Waals surface area contributed by atoms with Gasteiger partial charge in [0.05, 0.1) is 5.69 Å². The van der Waals surface area contributed by atoms with E-state index in [4.69, 9.17) is 5.73 Å². The molecule has 0 amide bonds. The normalized spacial score (nSPS) is 23.9. The van der Waals surface area contributed by atoms with Crippen LogP contribution in [0.2, 0.25) is 0 Å². The molecule has 4 heteroatoms. The molecule has 94 valence electrons. The van der Waals surface area contributed by atoms with E-state index < -0.39 is 0 Å². The lowest BCUT2D eigenvalue weighted by Crippen LogP contribution is -2.18. The first-order chi connectivity index (χ1) is 8.20. The second-order valence-corrected chi connectivity index (χ2v) is 6.20. The van der Waals surface area contributed by atoms with Gasteiger partial charge in [0.1, 0.15) is 5.82 Å². The lowest BCUT2D eigenvalue weighted by atomic mass is 10.2. The largest absolute Gasteiger partial charge is 0.396 e. The van der Waals surface area contributed by atoms with Gasteiger partial charge in [0.2, 0.25) is 0 Å². The molecular weight excluding hydrogens is 230 g/mol. The topological polar surface area (TPSA) is 50.9 Å². The maximum atomic E-state index is 6.02. The molecule has 1 fully saturated rings. The molecule has 1 aliphatic rings. The molecule has 0 saturated heterocycles. The second-order valence-electron chi connectivity index (χ2n) is 4.62. The Kier molecular flexibility index (Phi) is 4.15. The number of nitrogens with two attached hydrogens (primary N) is 1. The third-order valence-corrected chi connectivity index (χ3v) is 4.57. The van der Waals surface area contributed by atoms with Crippen LogP contribution in [0.3, 0.4) is 0 Å². The van der Waals surface area contributed by atoms with Gasteiger partial charge in [0.15, 0.2) is 0 Å². The Morgan fingerprint density at radius 1 is 1.53 bits per heavy atom. The van der Waals surface area contributed by atoms with Crippen LogP contribution in [0.25, 0.3) is 0 Å². The van der Waals surface area contributed by atoms with Crippen LogP contribution in [-0.4, -0.2) is 22.0 Å². The van der Waals surface area contributed by atoms with Gasteiger partial charge in [0, 0.05) is 17.5 Å². The molecule has 0 spiro atoms. The molecule has 0 aliphatic heterocycles. The molecule has 1 aromatic rings. The van der Waals surface area contributed by atoms with Gasteiger partial charge in [-0.05, 0) is 43.6 Å². The smallest absolute Gasteiger partial charge is 0.149 e. The molecule has 1 aliphatic carbocycles. The molecule has 2 atom stereocenters. The highest BCUT2D eigenvalue weighted by atomic mass is 32.2. The van der Waals surface area contributed by atoms with E-state index in [2.05, 4.69) is 29.0 Å². The summed E-state index contributed by atoms with van der Waals surface area (Å²) in [5, 5.41) is 4.30. The number of anilines is 2. The molecule has 0 radical (unpaired) electrons. The average Bonchev–Trinajstić information content (AvgIpc) is 2.73. The third kappa shape index (κ3) is 3.06. The summed E-state index contributed by atoms with van der Waals surface area (Å²) in [7, 11) is 0. The quantitative estimate of drug-likeness (QED) is 0.863. The highest BCUT2D eigenvalue weighted by Crippen LogP contribution is 2.32. The number of pyridine rings is 1. The molecule has 1 aromatic heterocycles. The van der Waals surface area contributed by atoms with Crippen molar-refractivity contribution in [3.8, 4) is 0 Å². The summed E-state index contributed by atoms with van der Waals surface area (Å²) in [6.45, 7) is 4.25. The van der Waals surface area contributed by atoms with Crippen molar-refractivity contribution in [3.63, 3.8) is 0 Å². The first-order valence-electron chi connectivity index (χ1n) is 6.30. The first kappa shape index (κ1) is 12.6. The molecule has 0 aromatic carbocycles. The minimum Gasteiger partial charge on any atom is -0.396 e. The van der Waals surface area contributed by atoms with Crippen molar-refractivity contribution in [3.05, 3.63) is 17.8 Å². The molecule has 3 N–H and O–H groups in total. The molecular formula is C13H21N3S. The van der Waals surface area contributed by atoms with Crippen LogP contribution in [0.4, 0.5) is 11.5 Å². The predicted octanol–water partition coefficient (Wildman–Crippen LogP) is 3.06. The highest BCUT2D eigenvalue weighted by molar-refractivity contribution is 7.99. The van der Waals surface area contributed by atoms with Crippen molar-refractivity contribution < 1.29 is 0 Å². The molecule has 1 heterocycles. The minimum atomic E-state index is 0.538.